The Balaban J connectivity index is 0.993. The van der Waals surface area contributed by atoms with Crippen molar-refractivity contribution in [2.24, 2.45) is 0 Å². The largest absolute Gasteiger partial charge is 0.667 e. The van der Waals surface area contributed by atoms with Gasteiger partial charge in [-0.15, -0.1) is 9.05 Å². The van der Waals surface area contributed by atoms with Crippen molar-refractivity contribution in [2.75, 3.05) is 24.7 Å². The fourth-order valence-corrected chi connectivity index (χ4v) is 11.9. The van der Waals surface area contributed by atoms with Crippen LogP contribution in [0.4, 0.5) is 11.6 Å². The fourth-order valence-electron chi connectivity index (χ4n) is 5.29. The lowest BCUT2D eigenvalue weighted by Crippen LogP contribution is -2.34. The van der Waals surface area contributed by atoms with Gasteiger partial charge < -0.3 is 41.4 Å². The molecule has 0 amide bonds. The summed E-state index contributed by atoms with van der Waals surface area (Å²) in [5, 5.41) is 42.0. The third-order valence-corrected chi connectivity index (χ3v) is 15.4. The van der Waals surface area contributed by atoms with Gasteiger partial charge in [-0.25, -0.2) is 29.9 Å². The van der Waals surface area contributed by atoms with Gasteiger partial charge in [0.15, 0.2) is 35.4 Å². The number of rotatable bonds is 16. The van der Waals surface area contributed by atoms with Crippen molar-refractivity contribution in [1.82, 2.24) is 39.0 Å². The molecule has 0 spiro atoms. The number of hydrogen-bond donors (Lipinski definition) is 16. The van der Waals surface area contributed by atoms with Gasteiger partial charge >= 0.3 is 40.9 Å². The average Bonchev–Trinajstić information content (AvgIpc) is 3.83. The molecule has 8 atom stereocenters. The number of imidazole rings is 2. The molecule has 4 aromatic rings. The van der Waals surface area contributed by atoms with Gasteiger partial charge in [-0.05, 0) is 0 Å². The van der Waals surface area contributed by atoms with Gasteiger partial charge in [0.2, 0.25) is 0 Å². The zero-order chi connectivity index (χ0) is 41.9. The van der Waals surface area contributed by atoms with E-state index in [9.17, 15) is 69.4 Å². The molecule has 2 saturated heterocycles. The molecule has 0 aliphatic carbocycles. The molecule has 0 saturated carbocycles. The smallest absolute Gasteiger partial charge is 0.387 e. The molecular formula is C20H34N10O22P5+5. The summed E-state index contributed by atoms with van der Waals surface area (Å²) in [4.78, 5) is 124. The molecule has 57 heavy (non-hydrogen) atoms. The Morgan fingerprint density at radius 3 is 1.19 bits per heavy atom. The summed E-state index contributed by atoms with van der Waals surface area (Å²) in [6.45, 7) is -2.09. The van der Waals surface area contributed by atoms with Crippen LogP contribution in [0.2, 0.25) is 0 Å². The van der Waals surface area contributed by atoms with Crippen molar-refractivity contribution in [3.63, 3.8) is 0 Å². The van der Waals surface area contributed by atoms with E-state index in [4.69, 9.17) is 20.9 Å². The molecule has 18 N–H and O–H groups in total. The molecule has 316 valence electrons. The lowest BCUT2D eigenvalue weighted by Gasteiger charge is -2.16. The Labute approximate surface area is 318 Å². The highest BCUT2D eigenvalue weighted by atomic mass is 31.4. The summed E-state index contributed by atoms with van der Waals surface area (Å²) in [6, 6.07) is 0. The standard InChI is InChI=1S/C20H34N10O22P5/c21-15-9-17(25-3-23-15)29(5-27-9)19-13(33)11(31)7(47-19)1-45-53(35,36)49-55(39,40)51-57(43,44)52-56(41,42)50-54(37,38)46-2-8-12(32)14(34)20(48-8)30-6-28-10-16(22)24-4-26-18(10)30/h3-8,11-14,19-20,31-44H,1-2H2,(H2,21,23,25)(H2,22,24,26)/q+5/t7-,8-,11-,12-,13-,14-,19?,20?/m1/s1. The minimum atomic E-state index is -6.02. The first-order chi connectivity index (χ1) is 26.4. The maximum atomic E-state index is 10.5. The molecule has 0 aromatic carbocycles. The number of nitrogen functional groups attached to an aromatic ring is 2. The first kappa shape index (κ1) is 44.5. The van der Waals surface area contributed by atoms with Gasteiger partial charge in [-0.2, -0.15) is 48.9 Å². The number of aliphatic hydroxyl groups is 4. The number of nitrogens with two attached hydrogens (primary N) is 2. The first-order valence-corrected chi connectivity index (χ1v) is 22.8. The maximum Gasteiger partial charge on any atom is 0.667 e. The third-order valence-electron chi connectivity index (χ3n) is 7.66. The molecule has 6 heterocycles. The number of fused-ring (bicyclic) bond motifs is 2. The lowest BCUT2D eigenvalue weighted by atomic mass is 10.1. The van der Waals surface area contributed by atoms with Crippen LogP contribution in [0.15, 0.2) is 25.3 Å². The van der Waals surface area contributed by atoms with Crippen LogP contribution in [0.25, 0.3) is 22.3 Å². The number of anilines is 2. The summed E-state index contributed by atoms with van der Waals surface area (Å²) >= 11 is 0. The van der Waals surface area contributed by atoms with E-state index in [-0.39, 0.29) is 34.0 Å². The maximum absolute atomic E-state index is 10.5. The van der Waals surface area contributed by atoms with E-state index in [1.165, 1.54) is 9.13 Å². The highest BCUT2D eigenvalue weighted by Crippen LogP contribution is 2.83. The number of nitrogens with zero attached hydrogens (tertiary/aromatic N) is 8. The third kappa shape index (κ3) is 10.1. The number of aromatic nitrogens is 8. The molecule has 32 nitrogen and oxygen atoms in total. The average molecular weight is 921 g/mol. The minimum Gasteiger partial charge on any atom is -0.387 e. The van der Waals surface area contributed by atoms with Crippen LogP contribution in [-0.4, -0.2) is 158 Å². The van der Waals surface area contributed by atoms with Crippen LogP contribution in [0, 0.1) is 0 Å². The van der Waals surface area contributed by atoms with Crippen molar-refractivity contribution < 1.29 is 105 Å². The Kier molecular flexibility index (Phi) is 12.8. The molecule has 0 radical (unpaired) electrons. The van der Waals surface area contributed by atoms with Gasteiger partial charge in [0.05, 0.1) is 21.3 Å². The molecule has 2 aliphatic rings. The van der Waals surface area contributed by atoms with Gasteiger partial charge in [0.25, 0.3) is 0 Å². The van der Waals surface area contributed by atoms with E-state index in [2.05, 4.69) is 56.2 Å². The number of ether oxygens (including phenoxy) is 2. The molecule has 2 aliphatic heterocycles. The molecule has 2 fully saturated rings. The topological polar surface area (TPSA) is 496 Å². The van der Waals surface area contributed by atoms with Crippen LogP contribution < -0.4 is 11.5 Å². The van der Waals surface area contributed by atoms with E-state index in [1.54, 1.807) is 0 Å². The van der Waals surface area contributed by atoms with Crippen molar-refractivity contribution in [2.45, 2.75) is 49.1 Å². The van der Waals surface area contributed by atoms with Gasteiger partial charge in [0.1, 0.15) is 82.1 Å². The second-order valence-electron chi connectivity index (χ2n) is 11.6. The second kappa shape index (κ2) is 16.4. The van der Waals surface area contributed by atoms with Crippen LogP contribution in [0.5, 0.6) is 0 Å². The van der Waals surface area contributed by atoms with Crippen molar-refractivity contribution in [3.05, 3.63) is 25.3 Å². The van der Waals surface area contributed by atoms with Crippen LogP contribution in [-0.2, 0) is 35.8 Å². The zero-order valence-electron chi connectivity index (χ0n) is 27.8. The van der Waals surface area contributed by atoms with Crippen molar-refractivity contribution in [3.8, 4) is 0 Å². The molecular weight excluding hydrogens is 887 g/mol. The van der Waals surface area contributed by atoms with E-state index >= 15 is 0 Å². The highest BCUT2D eigenvalue weighted by molar-refractivity contribution is 7.78. The Morgan fingerprint density at radius 1 is 0.509 bits per heavy atom. The normalized spacial score (nSPS) is 26.6. The van der Waals surface area contributed by atoms with Crippen LogP contribution in [0.3, 0.4) is 0 Å². The second-order valence-corrected chi connectivity index (χ2v) is 19.7. The quantitative estimate of drug-likeness (QED) is 0.0471. The summed E-state index contributed by atoms with van der Waals surface area (Å²) < 4.78 is 39.0. The fraction of sp³-hybridized carbons (Fsp3) is 0.500. The van der Waals surface area contributed by atoms with Crippen molar-refractivity contribution in [1.29, 1.82) is 0 Å². The van der Waals surface area contributed by atoms with Crippen molar-refractivity contribution >= 4 is 74.8 Å². The number of hydrogen-bond acceptors (Lipinski definition) is 30. The van der Waals surface area contributed by atoms with Crippen LogP contribution >= 0.6 is 40.9 Å². The van der Waals surface area contributed by atoms with Crippen LogP contribution in [0.1, 0.15) is 12.5 Å². The summed E-state index contributed by atoms with van der Waals surface area (Å²) in [6.07, 6.45) is -8.41. The summed E-state index contributed by atoms with van der Waals surface area (Å²) in [5.41, 5.74) is 11.9. The van der Waals surface area contributed by atoms with E-state index in [0.29, 0.717) is 0 Å². The predicted octanol–water partition coefficient (Wildman–Crippen LogP) is -4.52. The summed E-state index contributed by atoms with van der Waals surface area (Å²) in [5.74, 6) is -0.0273. The number of aliphatic hydroxyl groups excluding tert-OH is 4. The minimum absolute atomic E-state index is 0.0136. The Morgan fingerprint density at radius 2 is 0.842 bits per heavy atom. The Bertz CT molecular complexity index is 1910. The molecule has 2 unspecified atom stereocenters. The van der Waals surface area contributed by atoms with Gasteiger partial charge in [-0.3, -0.25) is 9.13 Å². The van der Waals surface area contributed by atoms with E-state index in [0.717, 1.165) is 25.3 Å². The molecule has 6 rings (SSSR count). The Hall–Kier alpha value is -2.03. The molecule has 37 heteroatoms. The monoisotopic (exact) mass is 921 g/mol. The molecule has 4 aromatic heterocycles. The van der Waals surface area contributed by atoms with Gasteiger partial charge in [0, 0.05) is 0 Å². The predicted molar refractivity (Wildman–Crippen MR) is 184 cm³/mol. The van der Waals surface area contributed by atoms with Gasteiger partial charge in [-0.1, -0.05) is 0 Å². The zero-order valence-corrected chi connectivity index (χ0v) is 32.3. The van der Waals surface area contributed by atoms with E-state index in [1.807, 2.05) is 0 Å². The lowest BCUT2D eigenvalue weighted by molar-refractivity contribution is -0.0524. The van der Waals surface area contributed by atoms with E-state index < -0.39 is 103 Å². The summed E-state index contributed by atoms with van der Waals surface area (Å²) in [7, 11) is -28.8. The SMILES string of the molecule is Nc1ncnc2c1ncn2C1O[C@H](CO[P+](O)(O)O[P+](O)(O)O[P+](O)(O)O[P+](O)(O)O[P+](O)(O)OC[C@H]2OC(n3cnc4c(N)ncnc43)[C@H](O)[C@@H]2O)[C@@H](O)[C@H]1O. The first-order valence-electron chi connectivity index (χ1n) is 15.1. The highest BCUT2D eigenvalue weighted by Gasteiger charge is 2.77. The molecule has 0 bridgehead atoms.